The van der Waals surface area contributed by atoms with E-state index >= 15 is 0 Å². The molecule has 0 atom stereocenters. The number of ether oxygens (including phenoxy) is 1. The van der Waals surface area contributed by atoms with Crippen molar-refractivity contribution >= 4 is 22.9 Å². The molecule has 0 aliphatic rings. The Morgan fingerprint density at radius 2 is 2.00 bits per heavy atom. The van der Waals surface area contributed by atoms with Gasteiger partial charge in [0.15, 0.2) is 0 Å². The number of methoxy groups -OCH3 is 1. The lowest BCUT2D eigenvalue weighted by Crippen LogP contribution is -2.14. The summed E-state index contributed by atoms with van der Waals surface area (Å²) in [5.41, 5.74) is 11.6. The molecule has 0 aliphatic carbocycles. The Balaban J connectivity index is 2.06. The van der Waals surface area contributed by atoms with Gasteiger partial charge in [0.2, 0.25) is 0 Å². The number of aryl methyl sites for hydroxylation is 2. The number of benzene rings is 1. The zero-order chi connectivity index (χ0) is 17.3. The van der Waals surface area contributed by atoms with Crippen LogP contribution in [0.4, 0.5) is 5.69 Å². The second kappa shape index (κ2) is 6.71. The number of nitrogens with zero attached hydrogens (tertiary/aromatic N) is 2. The molecule has 3 N–H and O–H groups in total. The third kappa shape index (κ3) is 3.05. The van der Waals surface area contributed by atoms with E-state index in [-0.39, 0.29) is 0 Å². The number of anilines is 1. The molecule has 24 heavy (non-hydrogen) atoms. The molecule has 5 nitrogen and oxygen atoms in total. The first-order valence-corrected chi connectivity index (χ1v) is 8.19. The molecule has 126 valence electrons. The first-order valence-electron chi connectivity index (χ1n) is 7.81. The van der Waals surface area contributed by atoms with Gasteiger partial charge in [-0.3, -0.25) is 0 Å². The summed E-state index contributed by atoms with van der Waals surface area (Å²) in [6.07, 6.45) is 4.05. The van der Waals surface area contributed by atoms with E-state index in [9.17, 15) is 0 Å². The topological polar surface area (TPSA) is 64.6 Å². The van der Waals surface area contributed by atoms with Gasteiger partial charge in [-0.2, -0.15) is 0 Å². The zero-order valence-corrected chi connectivity index (χ0v) is 14.8. The average molecular weight is 345 g/mol. The SMILES string of the molecule is COc1cc(C)c(-c2cn3cc(NCCN)c(C)cc3n2)cc1Cl. The van der Waals surface area contributed by atoms with E-state index in [1.807, 2.05) is 35.9 Å². The summed E-state index contributed by atoms with van der Waals surface area (Å²) >= 11 is 6.28. The summed E-state index contributed by atoms with van der Waals surface area (Å²) in [5, 5.41) is 3.91. The first-order chi connectivity index (χ1) is 11.5. The Hall–Kier alpha value is -2.24. The molecule has 0 unspecified atom stereocenters. The van der Waals surface area contributed by atoms with Crippen molar-refractivity contribution in [2.24, 2.45) is 5.73 Å². The van der Waals surface area contributed by atoms with E-state index in [4.69, 9.17) is 27.1 Å². The third-order valence-corrected chi connectivity index (χ3v) is 4.33. The lowest BCUT2D eigenvalue weighted by atomic mass is 10.1. The van der Waals surface area contributed by atoms with Gasteiger partial charge in [0.05, 0.1) is 23.5 Å². The lowest BCUT2D eigenvalue weighted by molar-refractivity contribution is 0.415. The maximum atomic E-state index is 6.28. The molecule has 3 aromatic rings. The van der Waals surface area contributed by atoms with Crippen LogP contribution < -0.4 is 15.8 Å². The molecule has 0 saturated carbocycles. The number of hydrogen-bond donors (Lipinski definition) is 2. The average Bonchev–Trinajstić information content (AvgIpc) is 2.96. The minimum Gasteiger partial charge on any atom is -0.495 e. The number of pyridine rings is 1. The fraction of sp³-hybridized carbons (Fsp3) is 0.278. The molecular formula is C18H21ClN4O. The van der Waals surface area contributed by atoms with Crippen LogP contribution in [-0.2, 0) is 0 Å². The van der Waals surface area contributed by atoms with Crippen molar-refractivity contribution in [2.75, 3.05) is 25.5 Å². The molecule has 6 heteroatoms. The number of nitrogens with one attached hydrogen (secondary N) is 1. The van der Waals surface area contributed by atoms with Crippen molar-refractivity contribution < 1.29 is 4.74 Å². The third-order valence-electron chi connectivity index (χ3n) is 4.03. The molecular weight excluding hydrogens is 324 g/mol. The molecule has 0 spiro atoms. The zero-order valence-electron chi connectivity index (χ0n) is 14.1. The van der Waals surface area contributed by atoms with Gasteiger partial charge < -0.3 is 20.2 Å². The van der Waals surface area contributed by atoms with Gasteiger partial charge in [-0.15, -0.1) is 0 Å². The number of aromatic nitrogens is 2. The predicted molar refractivity (Wildman–Crippen MR) is 99.2 cm³/mol. The Labute approximate surface area is 146 Å². The minimum atomic E-state index is 0.580. The highest BCUT2D eigenvalue weighted by Gasteiger charge is 2.12. The van der Waals surface area contributed by atoms with Crippen LogP contribution in [0.1, 0.15) is 11.1 Å². The summed E-state index contributed by atoms with van der Waals surface area (Å²) < 4.78 is 7.28. The van der Waals surface area contributed by atoms with E-state index in [1.54, 1.807) is 7.11 Å². The largest absolute Gasteiger partial charge is 0.495 e. The molecule has 1 aromatic carbocycles. The monoisotopic (exact) mass is 344 g/mol. The number of fused-ring (bicyclic) bond motifs is 1. The summed E-state index contributed by atoms with van der Waals surface area (Å²) in [7, 11) is 1.61. The summed E-state index contributed by atoms with van der Waals surface area (Å²) in [6, 6.07) is 5.89. The van der Waals surface area contributed by atoms with Crippen molar-refractivity contribution in [2.45, 2.75) is 13.8 Å². The number of hydrogen-bond acceptors (Lipinski definition) is 4. The van der Waals surface area contributed by atoms with Crippen molar-refractivity contribution in [3.63, 3.8) is 0 Å². The molecule has 2 aromatic heterocycles. The molecule has 0 aliphatic heterocycles. The fourth-order valence-electron chi connectivity index (χ4n) is 2.74. The van der Waals surface area contributed by atoms with E-state index < -0.39 is 0 Å². The van der Waals surface area contributed by atoms with Crippen LogP contribution in [0.15, 0.2) is 30.6 Å². The van der Waals surface area contributed by atoms with Gasteiger partial charge in [0.25, 0.3) is 0 Å². The molecule has 0 bridgehead atoms. The number of halogens is 1. The number of rotatable bonds is 5. The second-order valence-corrected chi connectivity index (χ2v) is 6.19. The van der Waals surface area contributed by atoms with Crippen LogP contribution in [0.5, 0.6) is 5.75 Å². The molecule has 0 saturated heterocycles. The quantitative estimate of drug-likeness (QED) is 0.741. The van der Waals surface area contributed by atoms with Crippen LogP contribution in [0.25, 0.3) is 16.9 Å². The summed E-state index contributed by atoms with van der Waals surface area (Å²) in [5.74, 6) is 0.672. The van der Waals surface area contributed by atoms with Crippen LogP contribution in [0.2, 0.25) is 5.02 Å². The van der Waals surface area contributed by atoms with E-state index in [2.05, 4.69) is 18.3 Å². The van der Waals surface area contributed by atoms with E-state index in [0.29, 0.717) is 17.3 Å². The highest BCUT2D eigenvalue weighted by Crippen LogP contribution is 2.33. The van der Waals surface area contributed by atoms with E-state index in [1.165, 1.54) is 0 Å². The van der Waals surface area contributed by atoms with Gasteiger partial charge >= 0.3 is 0 Å². The molecule has 3 rings (SSSR count). The molecule has 0 amide bonds. The molecule has 0 radical (unpaired) electrons. The molecule has 2 heterocycles. The predicted octanol–water partition coefficient (Wildman–Crippen LogP) is 3.65. The van der Waals surface area contributed by atoms with Gasteiger partial charge in [-0.1, -0.05) is 11.6 Å². The highest BCUT2D eigenvalue weighted by atomic mass is 35.5. The summed E-state index contributed by atoms with van der Waals surface area (Å²) in [4.78, 5) is 4.73. The Bertz CT molecular complexity index is 888. The van der Waals surface area contributed by atoms with Crippen molar-refractivity contribution in [1.29, 1.82) is 0 Å². The maximum Gasteiger partial charge on any atom is 0.137 e. The Morgan fingerprint density at radius 1 is 1.21 bits per heavy atom. The van der Waals surface area contributed by atoms with Gasteiger partial charge in [0.1, 0.15) is 11.4 Å². The lowest BCUT2D eigenvalue weighted by Gasteiger charge is -2.08. The van der Waals surface area contributed by atoms with Crippen molar-refractivity contribution in [1.82, 2.24) is 9.38 Å². The first kappa shape index (κ1) is 16.6. The number of nitrogens with two attached hydrogens (primary N) is 1. The van der Waals surface area contributed by atoms with Crippen LogP contribution >= 0.6 is 11.6 Å². The van der Waals surface area contributed by atoms with Crippen LogP contribution in [-0.4, -0.2) is 29.6 Å². The summed E-state index contributed by atoms with van der Waals surface area (Å²) in [6.45, 7) is 5.41. The van der Waals surface area contributed by atoms with Crippen LogP contribution in [0.3, 0.4) is 0 Å². The van der Waals surface area contributed by atoms with Crippen molar-refractivity contribution in [3.05, 3.63) is 46.7 Å². The van der Waals surface area contributed by atoms with Gasteiger partial charge in [0, 0.05) is 31.0 Å². The second-order valence-electron chi connectivity index (χ2n) is 5.78. The van der Waals surface area contributed by atoms with E-state index in [0.717, 1.165) is 40.3 Å². The maximum absolute atomic E-state index is 6.28. The fourth-order valence-corrected chi connectivity index (χ4v) is 2.98. The normalized spacial score (nSPS) is 11.0. The van der Waals surface area contributed by atoms with Crippen LogP contribution in [0, 0.1) is 13.8 Å². The van der Waals surface area contributed by atoms with Crippen molar-refractivity contribution in [3.8, 4) is 17.0 Å². The Morgan fingerprint density at radius 3 is 2.71 bits per heavy atom. The Kier molecular flexibility index (Phi) is 4.64. The smallest absolute Gasteiger partial charge is 0.137 e. The highest BCUT2D eigenvalue weighted by molar-refractivity contribution is 6.32. The number of imidazole rings is 1. The minimum absolute atomic E-state index is 0.580. The standard InChI is InChI=1S/C18H21ClN4O/c1-11-6-17(24-3)14(19)8-13(11)16-10-23-9-15(21-5-4-20)12(2)7-18(23)22-16/h6-10,21H,4-5,20H2,1-3H3. The molecule has 0 fully saturated rings. The van der Waals surface area contributed by atoms with Gasteiger partial charge in [-0.25, -0.2) is 4.98 Å². The van der Waals surface area contributed by atoms with Gasteiger partial charge in [-0.05, 0) is 43.2 Å².